The maximum atomic E-state index is 13.4. The number of ether oxygens (including phenoxy) is 2. The topological polar surface area (TPSA) is 73.6 Å². The van der Waals surface area contributed by atoms with Crippen LogP contribution in [0.2, 0.25) is 0 Å². The van der Waals surface area contributed by atoms with Gasteiger partial charge in [-0.15, -0.1) is 0 Å². The molecule has 1 aliphatic rings. The van der Waals surface area contributed by atoms with E-state index in [2.05, 4.69) is 5.32 Å². The first-order valence-corrected chi connectivity index (χ1v) is 5.22. The lowest BCUT2D eigenvalue weighted by atomic mass is 10.2. The highest BCUT2D eigenvalue weighted by atomic mass is 19.1. The van der Waals surface area contributed by atoms with E-state index in [1.807, 2.05) is 0 Å². The Bertz CT molecular complexity index is 419. The molecule has 6 heteroatoms. The van der Waals surface area contributed by atoms with Crippen LogP contribution in [0.25, 0.3) is 0 Å². The van der Waals surface area contributed by atoms with Crippen molar-refractivity contribution < 1.29 is 18.7 Å². The average molecular weight is 240 g/mol. The Balaban J connectivity index is 2.04. The molecule has 1 unspecified atom stereocenters. The van der Waals surface area contributed by atoms with Crippen LogP contribution in [0.4, 0.5) is 15.8 Å². The summed E-state index contributed by atoms with van der Waals surface area (Å²) in [5, 5.41) is 2.42. The highest BCUT2D eigenvalue weighted by molar-refractivity contribution is 5.94. The number of carbonyl (C=O) groups is 1. The van der Waals surface area contributed by atoms with E-state index in [1.54, 1.807) is 0 Å². The molecule has 0 radical (unpaired) electrons. The van der Waals surface area contributed by atoms with Crippen molar-refractivity contribution in [2.45, 2.75) is 6.10 Å². The summed E-state index contributed by atoms with van der Waals surface area (Å²) in [6.07, 6.45) is -0.704. The van der Waals surface area contributed by atoms with E-state index in [9.17, 15) is 9.18 Å². The van der Waals surface area contributed by atoms with Crippen molar-refractivity contribution in [3.63, 3.8) is 0 Å². The summed E-state index contributed by atoms with van der Waals surface area (Å²) in [6.45, 7) is 1.00. The molecule has 1 heterocycles. The van der Waals surface area contributed by atoms with Gasteiger partial charge in [0.25, 0.3) is 5.91 Å². The van der Waals surface area contributed by atoms with Crippen LogP contribution in [0.5, 0.6) is 0 Å². The summed E-state index contributed by atoms with van der Waals surface area (Å²) in [6, 6.07) is 3.98. The van der Waals surface area contributed by atoms with Crippen LogP contribution in [-0.4, -0.2) is 31.8 Å². The molecule has 0 aromatic heterocycles. The second-order valence-electron chi connectivity index (χ2n) is 3.66. The van der Waals surface area contributed by atoms with E-state index in [-0.39, 0.29) is 12.3 Å². The molecule has 0 saturated carbocycles. The SMILES string of the molecule is Nc1ccc(F)c(NC(=O)C2COCCO2)c1. The Hall–Kier alpha value is -1.66. The van der Waals surface area contributed by atoms with E-state index in [4.69, 9.17) is 15.2 Å². The van der Waals surface area contributed by atoms with Crippen molar-refractivity contribution in [2.75, 3.05) is 30.9 Å². The molecule has 1 atom stereocenters. The minimum absolute atomic E-state index is 0.0455. The van der Waals surface area contributed by atoms with Gasteiger partial charge in [-0.2, -0.15) is 0 Å². The van der Waals surface area contributed by atoms with Gasteiger partial charge in [-0.05, 0) is 18.2 Å². The van der Waals surface area contributed by atoms with Crippen LogP contribution in [0.15, 0.2) is 18.2 Å². The Labute approximate surface area is 97.7 Å². The first-order chi connectivity index (χ1) is 8.16. The van der Waals surface area contributed by atoms with Crippen molar-refractivity contribution in [3.8, 4) is 0 Å². The van der Waals surface area contributed by atoms with Gasteiger partial charge in [0, 0.05) is 5.69 Å². The van der Waals surface area contributed by atoms with Crippen molar-refractivity contribution >= 4 is 17.3 Å². The third kappa shape index (κ3) is 2.92. The number of hydrogen-bond donors (Lipinski definition) is 2. The van der Waals surface area contributed by atoms with E-state index in [0.29, 0.717) is 18.9 Å². The monoisotopic (exact) mass is 240 g/mol. The van der Waals surface area contributed by atoms with Gasteiger partial charge in [0.05, 0.1) is 25.5 Å². The van der Waals surface area contributed by atoms with Crippen molar-refractivity contribution in [3.05, 3.63) is 24.0 Å². The maximum Gasteiger partial charge on any atom is 0.255 e. The Morgan fingerprint density at radius 1 is 1.47 bits per heavy atom. The largest absolute Gasteiger partial charge is 0.399 e. The summed E-state index contributed by atoms with van der Waals surface area (Å²) in [7, 11) is 0. The van der Waals surface area contributed by atoms with Gasteiger partial charge in [0.15, 0.2) is 6.10 Å². The average Bonchev–Trinajstić information content (AvgIpc) is 2.35. The highest BCUT2D eigenvalue weighted by Gasteiger charge is 2.23. The number of nitrogens with one attached hydrogen (secondary N) is 1. The summed E-state index contributed by atoms with van der Waals surface area (Å²) < 4.78 is 23.6. The van der Waals surface area contributed by atoms with Gasteiger partial charge in [-0.3, -0.25) is 4.79 Å². The predicted molar refractivity (Wildman–Crippen MR) is 60.0 cm³/mol. The standard InChI is InChI=1S/C11H13FN2O3/c12-8-2-1-7(13)5-9(8)14-11(15)10-6-16-3-4-17-10/h1-2,5,10H,3-4,6,13H2,(H,14,15). The second-order valence-corrected chi connectivity index (χ2v) is 3.66. The molecule has 1 aliphatic heterocycles. The summed E-state index contributed by atoms with van der Waals surface area (Å²) in [5.74, 6) is -0.974. The van der Waals surface area contributed by atoms with Crippen LogP contribution in [0, 0.1) is 5.82 Å². The van der Waals surface area contributed by atoms with Crippen LogP contribution in [0.1, 0.15) is 0 Å². The Kier molecular flexibility index (Phi) is 3.55. The molecule has 0 spiro atoms. The molecule has 1 fully saturated rings. The summed E-state index contributed by atoms with van der Waals surface area (Å²) in [4.78, 5) is 11.7. The molecule has 0 bridgehead atoms. The number of amides is 1. The van der Waals surface area contributed by atoms with Gasteiger partial charge in [0.1, 0.15) is 5.82 Å². The first-order valence-electron chi connectivity index (χ1n) is 5.22. The fourth-order valence-electron chi connectivity index (χ4n) is 1.49. The van der Waals surface area contributed by atoms with Crippen LogP contribution < -0.4 is 11.1 Å². The molecule has 17 heavy (non-hydrogen) atoms. The molecule has 1 saturated heterocycles. The fraction of sp³-hybridized carbons (Fsp3) is 0.364. The van der Waals surface area contributed by atoms with Crippen molar-refractivity contribution in [1.29, 1.82) is 0 Å². The minimum atomic E-state index is -0.704. The van der Waals surface area contributed by atoms with Gasteiger partial charge < -0.3 is 20.5 Å². The molecule has 0 aliphatic carbocycles. The lowest BCUT2D eigenvalue weighted by Gasteiger charge is -2.22. The third-order valence-electron chi connectivity index (χ3n) is 2.36. The highest BCUT2D eigenvalue weighted by Crippen LogP contribution is 2.18. The number of halogens is 1. The summed E-state index contributed by atoms with van der Waals surface area (Å²) >= 11 is 0. The molecule has 1 amide bonds. The quantitative estimate of drug-likeness (QED) is 0.748. The third-order valence-corrected chi connectivity index (χ3v) is 2.36. The zero-order chi connectivity index (χ0) is 12.3. The van der Waals surface area contributed by atoms with Crippen LogP contribution >= 0.6 is 0 Å². The molecule has 5 nitrogen and oxygen atoms in total. The number of carbonyl (C=O) groups excluding carboxylic acids is 1. The van der Waals surface area contributed by atoms with E-state index < -0.39 is 17.8 Å². The molecule has 1 aromatic rings. The number of rotatable bonds is 2. The molecule has 3 N–H and O–H groups in total. The number of benzene rings is 1. The minimum Gasteiger partial charge on any atom is -0.399 e. The molecular weight excluding hydrogens is 227 g/mol. The predicted octanol–water partition coefficient (Wildman–Crippen LogP) is 0.762. The number of nitrogens with two attached hydrogens (primary N) is 1. The van der Waals surface area contributed by atoms with E-state index in [1.165, 1.54) is 18.2 Å². The number of nitrogen functional groups attached to an aromatic ring is 1. The zero-order valence-corrected chi connectivity index (χ0v) is 9.11. The van der Waals surface area contributed by atoms with Crippen LogP contribution in [-0.2, 0) is 14.3 Å². The smallest absolute Gasteiger partial charge is 0.255 e. The normalized spacial score (nSPS) is 19.9. The molecule has 92 valence electrons. The fourth-order valence-corrected chi connectivity index (χ4v) is 1.49. The summed E-state index contributed by atoms with van der Waals surface area (Å²) in [5.41, 5.74) is 5.93. The molecule has 2 rings (SSSR count). The van der Waals surface area contributed by atoms with E-state index >= 15 is 0 Å². The maximum absolute atomic E-state index is 13.4. The van der Waals surface area contributed by atoms with Gasteiger partial charge >= 0.3 is 0 Å². The van der Waals surface area contributed by atoms with Crippen molar-refractivity contribution in [2.24, 2.45) is 0 Å². The zero-order valence-electron chi connectivity index (χ0n) is 9.11. The van der Waals surface area contributed by atoms with Crippen LogP contribution in [0.3, 0.4) is 0 Å². The van der Waals surface area contributed by atoms with Gasteiger partial charge in [-0.1, -0.05) is 0 Å². The Morgan fingerprint density at radius 3 is 3.00 bits per heavy atom. The number of anilines is 2. The van der Waals surface area contributed by atoms with Gasteiger partial charge in [0.2, 0.25) is 0 Å². The molecular formula is C11H13FN2O3. The lowest BCUT2D eigenvalue weighted by molar-refractivity contribution is -0.142. The van der Waals surface area contributed by atoms with E-state index in [0.717, 1.165) is 0 Å². The van der Waals surface area contributed by atoms with Crippen molar-refractivity contribution in [1.82, 2.24) is 0 Å². The lowest BCUT2D eigenvalue weighted by Crippen LogP contribution is -2.39. The number of hydrogen-bond acceptors (Lipinski definition) is 4. The first kappa shape index (κ1) is 11.8. The molecule has 1 aromatic carbocycles. The Morgan fingerprint density at radius 2 is 2.29 bits per heavy atom. The van der Waals surface area contributed by atoms with Gasteiger partial charge in [-0.25, -0.2) is 4.39 Å². The second kappa shape index (κ2) is 5.11.